The van der Waals surface area contributed by atoms with E-state index in [4.69, 9.17) is 26.6 Å². The molecule has 658 valence electrons. The van der Waals surface area contributed by atoms with Crippen LogP contribution in [0, 0.1) is 36.4 Å². The number of hydrogen-bond acceptors (Lipinski definition) is 17. The van der Waals surface area contributed by atoms with E-state index >= 15 is 0 Å². The Morgan fingerprint density at radius 3 is 0.779 bits per heavy atom. The van der Waals surface area contributed by atoms with Gasteiger partial charge in [-0.05, 0) is 171 Å². The molecule has 0 saturated carbocycles. The minimum Gasteiger partial charge on any atom is -0.423 e. The van der Waals surface area contributed by atoms with Gasteiger partial charge in [0.2, 0.25) is 0 Å². The first-order valence-electron chi connectivity index (χ1n) is 42.0. The van der Waals surface area contributed by atoms with E-state index in [2.05, 4.69) is 156 Å². The van der Waals surface area contributed by atoms with E-state index in [1.165, 1.54) is 11.1 Å². The Kier molecular flexibility index (Phi) is 41.3. The molecule has 6 aromatic heterocycles. The van der Waals surface area contributed by atoms with Crippen LogP contribution >= 0.6 is 0 Å². The number of nitrogens with zero attached hydrogens (tertiary/aromatic N) is 7. The first-order chi connectivity index (χ1) is 63.3. The van der Waals surface area contributed by atoms with Crippen molar-refractivity contribution in [1.82, 2.24) is 29.9 Å². The van der Waals surface area contributed by atoms with Gasteiger partial charge in [-0.15, -0.1) is 214 Å². The molecule has 0 unspecified atom stereocenters. The van der Waals surface area contributed by atoms with Crippen molar-refractivity contribution in [3.8, 4) is 101 Å². The second kappa shape index (κ2) is 53.7. The van der Waals surface area contributed by atoms with Crippen molar-refractivity contribution in [3.05, 3.63) is 443 Å². The van der Waals surface area contributed by atoms with Crippen LogP contribution in [0.5, 0.6) is 0 Å². The third-order valence-electron chi connectivity index (χ3n) is 20.8. The maximum atomic E-state index is 9.27. The molecule has 4 N–H and O–H groups in total. The predicted octanol–water partition coefficient (Wildman–Crippen LogP) is 20.7. The van der Waals surface area contributed by atoms with E-state index in [1.54, 1.807) is 110 Å². The molecule has 0 bridgehead atoms. The minimum absolute atomic E-state index is 0. The van der Waals surface area contributed by atoms with Crippen LogP contribution in [0.25, 0.3) is 101 Å². The molecule has 0 fully saturated rings. The van der Waals surface area contributed by atoms with Crippen LogP contribution in [0.3, 0.4) is 0 Å². The van der Waals surface area contributed by atoms with Crippen molar-refractivity contribution in [2.24, 2.45) is 0 Å². The Morgan fingerprint density at radius 1 is 0.260 bits per heavy atom. The molecule has 0 amide bonds. The van der Waals surface area contributed by atoms with Gasteiger partial charge in [-0.25, -0.2) is 0 Å². The molecule has 0 aliphatic rings. The summed E-state index contributed by atoms with van der Waals surface area (Å²) in [5, 5.41) is 37.1. The van der Waals surface area contributed by atoms with Crippen LogP contribution in [-0.2, 0) is 79.6 Å². The Bertz CT molecular complexity index is 5600. The minimum atomic E-state index is -2.60. The molecule has 17 nitrogen and oxygen atoms in total. The van der Waals surface area contributed by atoms with Gasteiger partial charge < -0.3 is 81.5 Å². The van der Waals surface area contributed by atoms with E-state index in [1.807, 2.05) is 243 Å². The van der Waals surface area contributed by atoms with Crippen LogP contribution < -0.4 is 15.8 Å². The maximum Gasteiger partial charge on any atom is 3.00 e. The molecule has 0 aliphatic heterocycles. The molecule has 131 heavy (non-hydrogen) atoms. The van der Waals surface area contributed by atoms with Crippen molar-refractivity contribution in [2.75, 3.05) is 47.6 Å². The number of hydrogen-bond donors (Lipinski definition) is 4. The smallest absolute Gasteiger partial charge is 0.423 e. The zero-order valence-electron chi connectivity index (χ0n) is 73.5. The largest absolute Gasteiger partial charge is 3.00 e. The summed E-state index contributed by atoms with van der Waals surface area (Å²) in [5.74, 6) is 0. The van der Waals surface area contributed by atoms with Gasteiger partial charge in [-0.2, -0.15) is 0 Å². The summed E-state index contributed by atoms with van der Waals surface area (Å²) in [4.78, 5) is 28.1. The van der Waals surface area contributed by atoms with Crippen LogP contribution in [0.1, 0.15) is 24.0 Å². The Hall–Kier alpha value is -12.4. The monoisotopic (exact) mass is 2120 g/mol. The summed E-state index contributed by atoms with van der Waals surface area (Å²) in [6.07, 6.45) is 14.3. The average molecular weight is 2120 g/mol. The van der Waals surface area contributed by atoms with Crippen molar-refractivity contribution in [2.45, 2.75) is 37.8 Å². The summed E-state index contributed by atoms with van der Waals surface area (Å²) < 4.78 is 33.7. The molecule has 0 radical (unpaired) electrons. The molecule has 0 aliphatic carbocycles. The fourth-order valence-corrected chi connectivity index (χ4v) is 17.4. The number of rotatable bonds is 28. The van der Waals surface area contributed by atoms with E-state index in [0.717, 1.165) is 156 Å². The predicted molar refractivity (Wildman–Crippen MR) is 522 cm³/mol. The summed E-state index contributed by atoms with van der Waals surface area (Å²) in [6.45, 7) is 0. The maximum absolute atomic E-state index is 9.27. The van der Waals surface area contributed by atoms with Crippen LogP contribution in [0.2, 0.25) is 12.1 Å². The van der Waals surface area contributed by atoms with E-state index < -0.39 is 31.8 Å². The molecule has 0 atom stereocenters. The average Bonchev–Trinajstić information content (AvgIpc) is 0.795. The van der Waals surface area contributed by atoms with Crippen molar-refractivity contribution in [1.29, 1.82) is 0 Å². The van der Waals surface area contributed by atoms with Gasteiger partial charge >= 0.3 is 72.1 Å². The second-order valence-corrected chi connectivity index (χ2v) is 35.3. The molecule has 0 spiro atoms. The molecule has 0 saturated heterocycles. The number of anilines is 3. The molecule has 11 aromatic carbocycles. The number of pyridine rings is 6. The Labute approximate surface area is 799 Å². The first kappa shape index (κ1) is 101. The standard InChI is InChI=1S/C41H49N2O6Si2.2C17H13BNO2.3C11H8N.2Ir/c1-44-50(45-2,46-3)30-10-12-33-17-23-38(24-18-33)43(39-25-19-34(20-26-39)13-11-31-51(47-4,48-5)49-6)40-27-21-35(22-28-40)36-14-9-15-37(32-36)41-16-7-8-29-42-41;2*20-18(21)16-8-4-6-14(12-16)13-5-3-7-15(11-13)17-9-1-2-10-19-17;3*1-2-6-10(7-3-1)11-8-4-5-9-12-11;;/h7-9,14,16-29,32H,10-13,30-31H2,1-6H3;2*1-6,8-12,20-21H;3*1-6,8-9H;;/q6*-1;2*+3. The molecular formula is C108H99B2Ir2N7O10Si2. The number of aromatic nitrogens is 6. The zero-order chi connectivity index (χ0) is 90.1. The van der Waals surface area contributed by atoms with Gasteiger partial charge in [-0.3, -0.25) is 0 Å². The van der Waals surface area contributed by atoms with E-state index in [0.29, 0.717) is 10.9 Å². The van der Waals surface area contributed by atoms with Gasteiger partial charge in [0.05, 0.1) is 0 Å². The molecule has 17 rings (SSSR count). The van der Waals surface area contributed by atoms with E-state index in [9.17, 15) is 20.1 Å². The molecule has 17 aromatic rings. The summed E-state index contributed by atoms with van der Waals surface area (Å²) in [7, 11) is 1.86. The van der Waals surface area contributed by atoms with Crippen molar-refractivity contribution >= 4 is 59.8 Å². The molecular weight excluding hydrogens is 2020 g/mol. The third-order valence-corrected chi connectivity index (χ3v) is 26.5. The third kappa shape index (κ3) is 30.3. The number of aryl methyl sites for hydroxylation is 2. The van der Waals surface area contributed by atoms with Crippen LogP contribution in [0.4, 0.5) is 17.1 Å². The topological polar surface area (TPSA) is 217 Å². The quantitative estimate of drug-likeness (QED) is 0.0265. The van der Waals surface area contributed by atoms with Gasteiger partial charge in [0.25, 0.3) is 0 Å². The SMILES string of the molecule is CO[Si](CCCc1ccc(N(c2ccc(CCC[Si](OC)(OC)OC)cc2)c2ccc(-c3cc[c-]c(-c4ccccn4)c3)cc2)cc1)(OC)OC.OB(O)c1cccc(-c2cc[c-]c(-c3ccccn3)c2)c1.OB(O)c1cccc(-c2cc[c-]c(-c3ccccn3)c2)c1.[Ir+3].[Ir+3].[c-]1ccccc1-c1ccccn1.[c-]1ccccc1-c1ccccn1.[c-]1ccccc1-c1ccccn1. The normalized spacial score (nSPS) is 10.6. The summed E-state index contributed by atoms with van der Waals surface area (Å²) in [6, 6.07) is 138. The Morgan fingerprint density at radius 2 is 0.519 bits per heavy atom. The van der Waals surface area contributed by atoms with Crippen LogP contribution in [0.15, 0.2) is 395 Å². The van der Waals surface area contributed by atoms with Crippen molar-refractivity contribution in [3.63, 3.8) is 0 Å². The molecule has 6 heterocycles. The fourth-order valence-electron chi connectivity index (χ4n) is 13.9. The van der Waals surface area contributed by atoms with Gasteiger partial charge in [0, 0.05) is 109 Å². The molecule has 23 heteroatoms. The van der Waals surface area contributed by atoms with Gasteiger partial charge in [-0.1, -0.05) is 158 Å². The Balaban J connectivity index is 0.000000182. The van der Waals surface area contributed by atoms with Crippen LogP contribution in [-0.4, -0.2) is 125 Å². The summed E-state index contributed by atoms with van der Waals surface area (Å²) in [5.41, 5.74) is 24.2. The fraction of sp³-hybridized carbons (Fsp3) is 0.111. The van der Waals surface area contributed by atoms with Crippen molar-refractivity contribution < 1.29 is 86.9 Å². The summed E-state index contributed by atoms with van der Waals surface area (Å²) >= 11 is 0. The second-order valence-electron chi connectivity index (χ2n) is 29.1. The van der Waals surface area contributed by atoms with Gasteiger partial charge in [0.1, 0.15) is 0 Å². The van der Waals surface area contributed by atoms with Gasteiger partial charge in [0.15, 0.2) is 0 Å². The number of benzene rings is 11. The zero-order valence-corrected chi connectivity index (χ0v) is 80.3. The van der Waals surface area contributed by atoms with E-state index in [-0.39, 0.29) is 40.2 Å². The first-order valence-corrected chi connectivity index (χ1v) is 45.9.